The van der Waals surface area contributed by atoms with E-state index in [0.29, 0.717) is 8.73 Å². The third-order valence-electron chi connectivity index (χ3n) is 2.60. The molecule has 0 aromatic rings. The highest BCUT2D eigenvalue weighted by Gasteiger charge is 2.40. The number of hydrogen-bond acceptors (Lipinski definition) is 1. The van der Waals surface area contributed by atoms with Crippen LogP contribution in [0, 0.1) is 5.21 Å². The summed E-state index contributed by atoms with van der Waals surface area (Å²) in [5.41, 5.74) is -0.00675. The Bertz CT molecular complexity index is 138. The third-order valence-corrected chi connectivity index (χ3v) is 4.15. The molecule has 1 saturated heterocycles. The molecule has 1 aliphatic heterocycles. The van der Waals surface area contributed by atoms with Crippen molar-refractivity contribution in [3.63, 3.8) is 0 Å². The molecule has 1 heterocycles. The summed E-state index contributed by atoms with van der Waals surface area (Å²) >= 11 is 0. The van der Waals surface area contributed by atoms with E-state index < -0.39 is 0 Å². The minimum atomic E-state index is -0.00675. The second-order valence-electron chi connectivity index (χ2n) is 3.60. The Morgan fingerprint density at radius 2 is 2.10 bits per heavy atom. The standard InChI is InChI=1S/C7H16NOP/c1-7(2)5-4-6-8(7,9)10-3/h10H,4-6H2,1-3H3. The number of quaternary nitrogens is 1. The van der Waals surface area contributed by atoms with Crippen LogP contribution in [0.15, 0.2) is 0 Å². The Balaban J connectivity index is 2.76. The molecule has 1 aliphatic rings. The van der Waals surface area contributed by atoms with Gasteiger partial charge in [0.05, 0.1) is 20.8 Å². The lowest BCUT2D eigenvalue weighted by atomic mass is 10.0. The van der Waals surface area contributed by atoms with Crippen LogP contribution in [0.3, 0.4) is 0 Å². The lowest BCUT2D eigenvalue weighted by Gasteiger charge is -2.48. The molecule has 2 nitrogen and oxygen atoms in total. The zero-order chi connectivity index (χ0) is 7.83. The molecule has 0 saturated carbocycles. The summed E-state index contributed by atoms with van der Waals surface area (Å²) in [5, 5.41) is 11.9. The number of nitrogens with zero attached hydrogens (tertiary/aromatic N) is 1. The molecular weight excluding hydrogens is 145 g/mol. The van der Waals surface area contributed by atoms with Crippen molar-refractivity contribution in [2.75, 3.05) is 13.2 Å². The molecule has 60 valence electrons. The van der Waals surface area contributed by atoms with Crippen LogP contribution in [0.4, 0.5) is 0 Å². The Labute approximate surface area is 64.6 Å². The number of hydrogen-bond donors (Lipinski definition) is 0. The van der Waals surface area contributed by atoms with Crippen molar-refractivity contribution in [2.24, 2.45) is 0 Å². The summed E-state index contributed by atoms with van der Waals surface area (Å²) in [4.78, 5) is 0. The van der Waals surface area contributed by atoms with E-state index in [9.17, 15) is 5.21 Å². The summed E-state index contributed by atoms with van der Waals surface area (Å²) in [7, 11) is 0.498. The van der Waals surface area contributed by atoms with E-state index in [2.05, 4.69) is 13.8 Å². The van der Waals surface area contributed by atoms with Gasteiger partial charge in [0.25, 0.3) is 0 Å². The fourth-order valence-electron chi connectivity index (χ4n) is 1.63. The molecule has 0 bridgehead atoms. The lowest BCUT2D eigenvalue weighted by Crippen LogP contribution is -2.45. The van der Waals surface area contributed by atoms with Gasteiger partial charge in [0.1, 0.15) is 0 Å². The van der Waals surface area contributed by atoms with Gasteiger partial charge >= 0.3 is 0 Å². The van der Waals surface area contributed by atoms with E-state index in [4.69, 9.17) is 0 Å². The van der Waals surface area contributed by atoms with Crippen LogP contribution in [0.1, 0.15) is 26.7 Å². The molecule has 0 radical (unpaired) electrons. The Morgan fingerprint density at radius 1 is 1.50 bits per heavy atom. The van der Waals surface area contributed by atoms with Crippen molar-refractivity contribution >= 4 is 8.73 Å². The topological polar surface area (TPSA) is 23.1 Å². The lowest BCUT2D eigenvalue weighted by molar-refractivity contribution is -0.789. The fraction of sp³-hybridized carbons (Fsp3) is 1.00. The van der Waals surface area contributed by atoms with Gasteiger partial charge in [-0.25, -0.2) is 0 Å². The molecule has 2 unspecified atom stereocenters. The van der Waals surface area contributed by atoms with Gasteiger partial charge in [-0.05, 0) is 13.8 Å². The first-order chi connectivity index (χ1) is 4.52. The molecule has 1 rings (SSSR count). The monoisotopic (exact) mass is 161 g/mol. The van der Waals surface area contributed by atoms with Gasteiger partial charge in [-0.15, -0.1) is 0 Å². The quantitative estimate of drug-likeness (QED) is 0.426. The van der Waals surface area contributed by atoms with Crippen molar-refractivity contribution in [1.29, 1.82) is 0 Å². The molecule has 0 aliphatic carbocycles. The minimum absolute atomic E-state index is 0.00675. The van der Waals surface area contributed by atoms with Crippen LogP contribution in [-0.4, -0.2) is 23.2 Å². The van der Waals surface area contributed by atoms with E-state index in [-0.39, 0.29) is 9.96 Å². The van der Waals surface area contributed by atoms with Crippen LogP contribution in [0.25, 0.3) is 0 Å². The Hall–Kier alpha value is 0.350. The van der Waals surface area contributed by atoms with Gasteiger partial charge in [-0.3, -0.25) is 0 Å². The molecule has 1 fully saturated rings. The Kier molecular flexibility index (Phi) is 2.06. The van der Waals surface area contributed by atoms with Crippen LogP contribution >= 0.6 is 8.73 Å². The molecule has 0 aromatic carbocycles. The van der Waals surface area contributed by atoms with Crippen LogP contribution in [0.5, 0.6) is 0 Å². The van der Waals surface area contributed by atoms with Crippen LogP contribution in [-0.2, 0) is 0 Å². The first kappa shape index (κ1) is 8.45. The van der Waals surface area contributed by atoms with Crippen molar-refractivity contribution in [1.82, 2.24) is 0 Å². The molecule has 0 amide bonds. The van der Waals surface area contributed by atoms with E-state index >= 15 is 0 Å². The maximum atomic E-state index is 11.9. The summed E-state index contributed by atoms with van der Waals surface area (Å²) in [6.07, 6.45) is 2.20. The van der Waals surface area contributed by atoms with Gasteiger partial charge in [-0.1, -0.05) is 0 Å². The number of rotatable bonds is 1. The molecule has 0 spiro atoms. The van der Waals surface area contributed by atoms with Crippen molar-refractivity contribution < 1.29 is 4.42 Å². The van der Waals surface area contributed by atoms with Gasteiger partial charge in [0.15, 0.2) is 0 Å². The van der Waals surface area contributed by atoms with Gasteiger partial charge in [-0.2, -0.15) is 0 Å². The highest BCUT2D eigenvalue weighted by atomic mass is 31.1. The van der Waals surface area contributed by atoms with Gasteiger partial charge < -0.3 is 9.62 Å². The summed E-state index contributed by atoms with van der Waals surface area (Å²) in [5.74, 6) is 0. The molecule has 0 N–H and O–H groups in total. The zero-order valence-corrected chi connectivity index (χ0v) is 7.98. The highest BCUT2D eigenvalue weighted by Crippen LogP contribution is 2.44. The van der Waals surface area contributed by atoms with Gasteiger partial charge in [0, 0.05) is 19.5 Å². The molecule has 2 atom stereocenters. The third kappa shape index (κ3) is 1.09. The molecule has 3 heteroatoms. The highest BCUT2D eigenvalue weighted by molar-refractivity contribution is 7.30. The van der Waals surface area contributed by atoms with Gasteiger partial charge in [0.2, 0.25) is 0 Å². The van der Waals surface area contributed by atoms with Crippen molar-refractivity contribution in [3.05, 3.63) is 5.21 Å². The largest absolute Gasteiger partial charge is 0.631 e. The summed E-state index contributed by atoms with van der Waals surface area (Å²) < 4.78 is 0.0486. The first-order valence-electron chi connectivity index (χ1n) is 3.80. The van der Waals surface area contributed by atoms with E-state index in [0.717, 1.165) is 19.4 Å². The smallest absolute Gasteiger partial charge is 0.0943 e. The predicted octanol–water partition coefficient (Wildman–Crippen LogP) is 2.10. The average molecular weight is 161 g/mol. The fourth-order valence-corrected chi connectivity index (χ4v) is 2.73. The second-order valence-corrected chi connectivity index (χ2v) is 4.77. The predicted molar refractivity (Wildman–Crippen MR) is 46.0 cm³/mol. The maximum Gasteiger partial charge on any atom is 0.0943 e. The van der Waals surface area contributed by atoms with Crippen molar-refractivity contribution in [3.8, 4) is 0 Å². The summed E-state index contributed by atoms with van der Waals surface area (Å²) in [6, 6.07) is 0. The summed E-state index contributed by atoms with van der Waals surface area (Å²) in [6.45, 7) is 7.02. The average Bonchev–Trinajstić information content (AvgIpc) is 2.10. The van der Waals surface area contributed by atoms with E-state index in [1.807, 2.05) is 6.66 Å². The molecule has 10 heavy (non-hydrogen) atoms. The SMILES string of the molecule is CP[N+]1([O-])CCCC1(C)C. The normalized spacial score (nSPS) is 39.6. The molecule has 0 aromatic heterocycles. The Morgan fingerprint density at radius 3 is 2.30 bits per heavy atom. The van der Waals surface area contributed by atoms with Crippen LogP contribution < -0.4 is 0 Å². The minimum Gasteiger partial charge on any atom is -0.631 e. The number of hydroxylamine groups is 2. The zero-order valence-electron chi connectivity index (χ0n) is 6.98. The van der Waals surface area contributed by atoms with Crippen molar-refractivity contribution in [2.45, 2.75) is 32.2 Å². The first-order valence-corrected chi connectivity index (χ1v) is 5.25. The van der Waals surface area contributed by atoms with E-state index in [1.54, 1.807) is 0 Å². The van der Waals surface area contributed by atoms with E-state index in [1.165, 1.54) is 0 Å². The van der Waals surface area contributed by atoms with Crippen LogP contribution in [0.2, 0.25) is 0 Å². The molecular formula is C7H16NOP. The second kappa shape index (κ2) is 2.44. The maximum absolute atomic E-state index is 11.9.